The number of hydrogen-bond donors (Lipinski definition) is 1. The fourth-order valence-electron chi connectivity index (χ4n) is 3.68. The van der Waals surface area contributed by atoms with E-state index in [0.717, 1.165) is 30.5 Å². The van der Waals surface area contributed by atoms with E-state index in [-0.39, 0.29) is 11.7 Å². The maximum Gasteiger partial charge on any atom is 0.263 e. The van der Waals surface area contributed by atoms with Crippen LogP contribution in [-0.2, 0) is 0 Å². The molecule has 2 aromatic carbocycles. The Bertz CT molecular complexity index is 1260. The first-order valence-corrected chi connectivity index (χ1v) is 10.0. The lowest BCUT2D eigenvalue weighted by atomic mass is 10.1. The summed E-state index contributed by atoms with van der Waals surface area (Å²) in [6.07, 6.45) is 9.71. The number of imidazole rings is 1. The highest BCUT2D eigenvalue weighted by Crippen LogP contribution is 2.31. The molecule has 3 heterocycles. The van der Waals surface area contributed by atoms with Crippen molar-refractivity contribution < 1.29 is 9.53 Å². The fourth-order valence-corrected chi connectivity index (χ4v) is 3.68. The van der Waals surface area contributed by atoms with Crippen LogP contribution >= 0.6 is 0 Å². The van der Waals surface area contributed by atoms with E-state index in [0.29, 0.717) is 28.8 Å². The molecular formula is C24H19N5O2. The lowest BCUT2D eigenvalue weighted by Gasteiger charge is -2.18. The second kappa shape index (κ2) is 7.92. The number of ketones is 1. The van der Waals surface area contributed by atoms with Crippen LogP contribution < -0.4 is 9.64 Å². The average Bonchev–Trinajstić information content (AvgIpc) is 3.46. The van der Waals surface area contributed by atoms with E-state index in [1.807, 2.05) is 24.3 Å². The lowest BCUT2D eigenvalue weighted by molar-refractivity contribution is 0.103. The van der Waals surface area contributed by atoms with Crippen LogP contribution in [0.1, 0.15) is 22.6 Å². The Balaban J connectivity index is 1.34. The Morgan fingerprint density at radius 1 is 1.13 bits per heavy atom. The highest BCUT2D eigenvalue weighted by atomic mass is 16.5. The van der Waals surface area contributed by atoms with Gasteiger partial charge >= 0.3 is 0 Å². The largest absolute Gasteiger partial charge is 0.436 e. The van der Waals surface area contributed by atoms with Crippen molar-refractivity contribution in [3.05, 3.63) is 72.3 Å². The van der Waals surface area contributed by atoms with Crippen LogP contribution in [0.2, 0.25) is 0 Å². The first-order valence-electron chi connectivity index (χ1n) is 10.0. The van der Waals surface area contributed by atoms with Gasteiger partial charge in [-0.15, -0.1) is 12.3 Å². The molecule has 7 heteroatoms. The molecule has 0 amide bonds. The fraction of sp³-hybridized carbons (Fsp3) is 0.167. The molecule has 0 bridgehead atoms. The summed E-state index contributed by atoms with van der Waals surface area (Å²) in [5.41, 5.74) is 2.10. The minimum atomic E-state index is -0.180. The van der Waals surface area contributed by atoms with Gasteiger partial charge in [-0.25, -0.2) is 15.0 Å². The molecule has 1 N–H and O–H groups in total. The van der Waals surface area contributed by atoms with Crippen molar-refractivity contribution in [2.24, 2.45) is 5.92 Å². The van der Waals surface area contributed by atoms with Gasteiger partial charge in [0.2, 0.25) is 5.78 Å². The van der Waals surface area contributed by atoms with Crippen LogP contribution in [0, 0.1) is 18.3 Å². The predicted octanol–water partition coefficient (Wildman–Crippen LogP) is 3.84. The van der Waals surface area contributed by atoms with Gasteiger partial charge in [-0.2, -0.15) is 0 Å². The summed E-state index contributed by atoms with van der Waals surface area (Å²) in [5, 5.41) is 0. The first kappa shape index (κ1) is 18.8. The van der Waals surface area contributed by atoms with E-state index in [9.17, 15) is 4.79 Å². The monoisotopic (exact) mass is 409 g/mol. The van der Waals surface area contributed by atoms with Crippen molar-refractivity contribution in [3.63, 3.8) is 0 Å². The molecule has 1 saturated heterocycles. The van der Waals surface area contributed by atoms with E-state index in [4.69, 9.17) is 11.2 Å². The van der Waals surface area contributed by atoms with Gasteiger partial charge in [-0.05, 0) is 42.8 Å². The van der Waals surface area contributed by atoms with E-state index >= 15 is 0 Å². The zero-order valence-electron chi connectivity index (χ0n) is 16.7. The number of nitrogens with one attached hydrogen (secondary N) is 1. The summed E-state index contributed by atoms with van der Waals surface area (Å²) in [6.45, 7) is 1.55. The Kier molecular flexibility index (Phi) is 4.81. The topological polar surface area (TPSA) is 84.0 Å². The molecule has 1 atom stereocenters. The quantitative estimate of drug-likeness (QED) is 0.398. The number of para-hydroxylation sites is 2. The first-order chi connectivity index (χ1) is 15.2. The third-order valence-corrected chi connectivity index (χ3v) is 5.31. The van der Waals surface area contributed by atoms with Crippen LogP contribution in [0.5, 0.6) is 11.6 Å². The number of aromatic amines is 1. The number of aromatic nitrogens is 4. The van der Waals surface area contributed by atoms with E-state index in [2.05, 4.69) is 30.8 Å². The Labute approximate surface area is 179 Å². The number of H-pyrrole nitrogens is 1. The number of hydrogen-bond acceptors (Lipinski definition) is 6. The van der Waals surface area contributed by atoms with Gasteiger partial charge < -0.3 is 14.6 Å². The van der Waals surface area contributed by atoms with Crippen LogP contribution in [0.15, 0.2) is 60.9 Å². The molecule has 0 radical (unpaired) electrons. The van der Waals surface area contributed by atoms with Crippen molar-refractivity contribution in [2.75, 3.05) is 18.0 Å². The van der Waals surface area contributed by atoms with Crippen molar-refractivity contribution in [1.82, 2.24) is 19.9 Å². The number of benzene rings is 2. The molecule has 1 fully saturated rings. The molecule has 0 aliphatic carbocycles. The Morgan fingerprint density at radius 2 is 1.94 bits per heavy atom. The summed E-state index contributed by atoms with van der Waals surface area (Å²) in [5.74, 6) is 4.78. The van der Waals surface area contributed by atoms with Gasteiger partial charge in [0.15, 0.2) is 11.6 Å². The van der Waals surface area contributed by atoms with E-state index < -0.39 is 0 Å². The third kappa shape index (κ3) is 3.71. The number of terminal acetylenes is 1. The zero-order chi connectivity index (χ0) is 21.2. The minimum absolute atomic E-state index is 0.180. The highest BCUT2D eigenvalue weighted by Gasteiger charge is 2.25. The SMILES string of the molecule is C#C[C@H]1CCN(c2nccnc2Oc2ccc(C(=O)c3nc4ccccc4[nH]3)cc2)C1. The van der Waals surface area contributed by atoms with Gasteiger partial charge in [0.1, 0.15) is 5.75 Å². The second-order valence-electron chi connectivity index (χ2n) is 7.34. The van der Waals surface area contributed by atoms with Gasteiger partial charge in [0.25, 0.3) is 5.88 Å². The summed E-state index contributed by atoms with van der Waals surface area (Å²) < 4.78 is 5.98. The van der Waals surface area contributed by atoms with E-state index in [1.165, 1.54) is 0 Å². The van der Waals surface area contributed by atoms with Crippen LogP contribution in [0.4, 0.5) is 5.82 Å². The van der Waals surface area contributed by atoms with Crippen molar-refractivity contribution in [3.8, 4) is 24.0 Å². The Hall–Kier alpha value is -4.18. The number of carbonyl (C=O) groups excluding carboxylic acids is 1. The molecule has 0 saturated carbocycles. The van der Waals surface area contributed by atoms with Crippen molar-refractivity contribution in [1.29, 1.82) is 0 Å². The number of rotatable bonds is 5. The molecule has 0 spiro atoms. The molecular weight excluding hydrogens is 390 g/mol. The van der Waals surface area contributed by atoms with Gasteiger partial charge in [0, 0.05) is 37.0 Å². The molecule has 1 aliphatic heterocycles. The third-order valence-electron chi connectivity index (χ3n) is 5.31. The van der Waals surface area contributed by atoms with Gasteiger partial charge in [-0.3, -0.25) is 4.79 Å². The number of anilines is 1. The maximum atomic E-state index is 12.8. The van der Waals surface area contributed by atoms with Crippen molar-refractivity contribution >= 4 is 22.6 Å². The molecule has 5 rings (SSSR count). The number of ether oxygens (including phenoxy) is 1. The highest BCUT2D eigenvalue weighted by molar-refractivity contribution is 6.08. The normalized spacial score (nSPS) is 15.7. The Morgan fingerprint density at radius 3 is 2.71 bits per heavy atom. The molecule has 31 heavy (non-hydrogen) atoms. The summed E-state index contributed by atoms with van der Waals surface area (Å²) in [7, 11) is 0. The zero-order valence-corrected chi connectivity index (χ0v) is 16.7. The minimum Gasteiger partial charge on any atom is -0.436 e. The van der Waals surface area contributed by atoms with Crippen molar-refractivity contribution in [2.45, 2.75) is 6.42 Å². The molecule has 2 aromatic heterocycles. The van der Waals surface area contributed by atoms with Crippen LogP contribution in [-0.4, -0.2) is 38.8 Å². The molecule has 152 valence electrons. The smallest absolute Gasteiger partial charge is 0.263 e. The predicted molar refractivity (Wildman–Crippen MR) is 117 cm³/mol. The summed E-state index contributed by atoms with van der Waals surface area (Å²) in [4.78, 5) is 31.1. The average molecular weight is 409 g/mol. The number of carbonyl (C=O) groups is 1. The molecule has 4 aromatic rings. The van der Waals surface area contributed by atoms with Crippen LogP contribution in [0.25, 0.3) is 11.0 Å². The van der Waals surface area contributed by atoms with Crippen LogP contribution in [0.3, 0.4) is 0 Å². The summed E-state index contributed by atoms with van der Waals surface area (Å²) >= 11 is 0. The molecule has 0 unspecified atom stereocenters. The molecule has 7 nitrogen and oxygen atoms in total. The van der Waals surface area contributed by atoms with Gasteiger partial charge in [0.05, 0.1) is 11.0 Å². The lowest BCUT2D eigenvalue weighted by Crippen LogP contribution is -2.21. The second-order valence-corrected chi connectivity index (χ2v) is 7.34. The number of nitrogens with zero attached hydrogens (tertiary/aromatic N) is 4. The van der Waals surface area contributed by atoms with Gasteiger partial charge in [-0.1, -0.05) is 12.1 Å². The number of fused-ring (bicyclic) bond motifs is 1. The summed E-state index contributed by atoms with van der Waals surface area (Å²) in [6, 6.07) is 14.4. The van der Waals surface area contributed by atoms with E-state index in [1.54, 1.807) is 36.7 Å². The maximum absolute atomic E-state index is 12.8. The molecule has 1 aliphatic rings. The standard InChI is InChI=1S/C24H19N5O2/c1-2-16-11-14-29(15-16)23-24(26-13-12-25-23)31-18-9-7-17(8-10-18)21(30)22-27-19-5-3-4-6-20(19)28-22/h1,3-10,12-13,16H,11,14-15H2,(H,27,28)/t16-/m0/s1.